The highest BCUT2D eigenvalue weighted by atomic mass is 16.5. The van der Waals surface area contributed by atoms with Crippen molar-refractivity contribution in [1.29, 1.82) is 0 Å². The largest absolute Gasteiger partial charge is 0.489 e. The van der Waals surface area contributed by atoms with Gasteiger partial charge in [0.25, 0.3) is 11.8 Å². The lowest BCUT2D eigenvalue weighted by atomic mass is 10.1. The second-order valence-electron chi connectivity index (χ2n) is 7.92. The quantitative estimate of drug-likeness (QED) is 0.626. The summed E-state index contributed by atoms with van der Waals surface area (Å²) in [5, 5.41) is 13.3. The van der Waals surface area contributed by atoms with Gasteiger partial charge in [-0.05, 0) is 49.7 Å². The molecule has 2 aromatic carbocycles. The lowest BCUT2D eigenvalue weighted by molar-refractivity contribution is -0.150. The number of amides is 2. The van der Waals surface area contributed by atoms with Crippen LogP contribution in [0.25, 0.3) is 0 Å². The molecule has 168 valence electrons. The zero-order valence-corrected chi connectivity index (χ0v) is 17.9. The fourth-order valence-electron chi connectivity index (χ4n) is 3.77. The third-order valence-electron chi connectivity index (χ3n) is 5.26. The molecule has 32 heavy (non-hydrogen) atoms. The van der Waals surface area contributed by atoms with E-state index in [2.05, 4.69) is 10.3 Å². The summed E-state index contributed by atoms with van der Waals surface area (Å²) in [5.41, 5.74) is 8.57. The lowest BCUT2D eigenvalue weighted by Crippen LogP contribution is -2.55. The summed E-state index contributed by atoms with van der Waals surface area (Å²) in [6.45, 7) is 4.69. The van der Waals surface area contributed by atoms with E-state index >= 15 is 0 Å². The first-order valence-corrected chi connectivity index (χ1v) is 10.5. The summed E-state index contributed by atoms with van der Waals surface area (Å²) >= 11 is 0. The van der Waals surface area contributed by atoms with E-state index in [4.69, 9.17) is 15.2 Å². The molecule has 0 bridgehead atoms. The Morgan fingerprint density at radius 2 is 2.09 bits per heavy atom. The van der Waals surface area contributed by atoms with Crippen molar-refractivity contribution in [3.63, 3.8) is 0 Å². The fourth-order valence-corrected chi connectivity index (χ4v) is 3.77. The van der Waals surface area contributed by atoms with Gasteiger partial charge in [0.2, 0.25) is 0 Å². The number of aliphatic hydroxyl groups excluding tert-OH is 1. The van der Waals surface area contributed by atoms with Crippen molar-refractivity contribution in [3.8, 4) is 5.75 Å². The van der Waals surface area contributed by atoms with Gasteiger partial charge in [-0.3, -0.25) is 14.6 Å². The van der Waals surface area contributed by atoms with E-state index in [1.807, 2.05) is 19.9 Å². The molecule has 4 N–H and O–H groups in total. The fraction of sp³-hybridized carbons (Fsp3) is 0.348. The first-order chi connectivity index (χ1) is 15.3. The Morgan fingerprint density at radius 3 is 2.88 bits per heavy atom. The molecule has 2 unspecified atom stereocenters. The average Bonchev–Trinajstić information content (AvgIpc) is 3.13. The number of ether oxygens (including phenoxy) is 2. The summed E-state index contributed by atoms with van der Waals surface area (Å²) in [6.07, 6.45) is -3.09. The van der Waals surface area contributed by atoms with Crippen molar-refractivity contribution >= 4 is 29.0 Å². The number of nitrogens with one attached hydrogen (secondary N) is 1. The molecule has 2 aliphatic rings. The van der Waals surface area contributed by atoms with Crippen molar-refractivity contribution in [3.05, 3.63) is 53.6 Å². The summed E-state index contributed by atoms with van der Waals surface area (Å²) in [7, 11) is 0. The molecule has 0 radical (unpaired) electrons. The molecule has 9 nitrogen and oxygen atoms in total. The van der Waals surface area contributed by atoms with Gasteiger partial charge in [-0.1, -0.05) is 12.1 Å². The van der Waals surface area contributed by atoms with E-state index < -0.39 is 24.0 Å². The molecule has 2 heterocycles. The van der Waals surface area contributed by atoms with E-state index in [1.54, 1.807) is 36.4 Å². The monoisotopic (exact) mass is 438 g/mol. The van der Waals surface area contributed by atoms with Gasteiger partial charge >= 0.3 is 0 Å². The van der Waals surface area contributed by atoms with Gasteiger partial charge in [-0.25, -0.2) is 0 Å². The van der Waals surface area contributed by atoms with Gasteiger partial charge in [-0.2, -0.15) is 0 Å². The number of hydrogen-bond donors (Lipinski definition) is 3. The zero-order chi connectivity index (χ0) is 22.8. The number of nitrogens with zero attached hydrogens (tertiary/aromatic N) is 2. The van der Waals surface area contributed by atoms with Crippen LogP contribution in [0.2, 0.25) is 0 Å². The van der Waals surface area contributed by atoms with Crippen molar-refractivity contribution in [2.24, 2.45) is 10.7 Å². The standard InChI is InChI=1S/C23H26N4O5/c1-13(2)32-18-6-4-3-5-17(18)27-9-10-31-20(23(27)30)19(28)22(29)26-15-7-8-16-14(11-15)12-25-21(16)24/h3-8,11,13,19-20,28H,9-10,12H2,1-2H3,(H2,24,25)(H,26,29). The van der Waals surface area contributed by atoms with Crippen LogP contribution >= 0.6 is 0 Å². The van der Waals surface area contributed by atoms with Gasteiger partial charge in [0.1, 0.15) is 11.6 Å². The Hall–Kier alpha value is -3.43. The van der Waals surface area contributed by atoms with Crippen LogP contribution in [-0.4, -0.2) is 54.2 Å². The Balaban J connectivity index is 1.48. The third kappa shape index (κ3) is 4.30. The highest BCUT2D eigenvalue weighted by Crippen LogP contribution is 2.31. The number of morpholine rings is 1. The molecule has 2 amide bonds. The molecule has 0 aliphatic carbocycles. The molecule has 2 aliphatic heterocycles. The number of aliphatic imine (C=N–C) groups is 1. The van der Waals surface area contributed by atoms with Gasteiger partial charge < -0.3 is 30.5 Å². The Kier molecular flexibility index (Phi) is 6.11. The zero-order valence-electron chi connectivity index (χ0n) is 17.9. The van der Waals surface area contributed by atoms with Gasteiger partial charge in [0.15, 0.2) is 12.2 Å². The number of aliphatic hydroxyl groups is 1. The lowest BCUT2D eigenvalue weighted by Gasteiger charge is -2.35. The summed E-state index contributed by atoms with van der Waals surface area (Å²) in [4.78, 5) is 31.5. The van der Waals surface area contributed by atoms with Crippen molar-refractivity contribution < 1.29 is 24.2 Å². The number of para-hydroxylation sites is 2. The van der Waals surface area contributed by atoms with Crippen LogP contribution in [0.5, 0.6) is 5.75 Å². The molecule has 9 heteroatoms. The van der Waals surface area contributed by atoms with Crippen LogP contribution in [0.4, 0.5) is 11.4 Å². The first kappa shape index (κ1) is 21.8. The number of benzene rings is 2. The summed E-state index contributed by atoms with van der Waals surface area (Å²) in [6, 6.07) is 12.3. The molecule has 4 rings (SSSR count). The Bertz CT molecular complexity index is 1070. The van der Waals surface area contributed by atoms with E-state index in [-0.39, 0.29) is 19.3 Å². The second kappa shape index (κ2) is 8.97. The number of hydrogen-bond acceptors (Lipinski definition) is 7. The Morgan fingerprint density at radius 1 is 1.31 bits per heavy atom. The van der Waals surface area contributed by atoms with E-state index in [1.165, 1.54) is 4.90 Å². The van der Waals surface area contributed by atoms with E-state index in [0.717, 1.165) is 11.1 Å². The number of anilines is 2. The molecular weight excluding hydrogens is 412 g/mol. The molecule has 1 fully saturated rings. The number of carbonyl (C=O) groups excluding carboxylic acids is 2. The van der Waals surface area contributed by atoms with E-state index in [9.17, 15) is 14.7 Å². The Labute approximate surface area is 185 Å². The van der Waals surface area contributed by atoms with Gasteiger partial charge in [0, 0.05) is 17.8 Å². The van der Waals surface area contributed by atoms with Crippen molar-refractivity contribution in [2.45, 2.75) is 38.7 Å². The second-order valence-corrected chi connectivity index (χ2v) is 7.92. The maximum atomic E-state index is 13.1. The van der Waals surface area contributed by atoms with Crippen LogP contribution in [0.15, 0.2) is 47.5 Å². The summed E-state index contributed by atoms with van der Waals surface area (Å²) < 4.78 is 11.3. The predicted octanol–water partition coefficient (Wildman–Crippen LogP) is 1.42. The number of rotatable bonds is 6. The molecule has 2 atom stereocenters. The molecule has 0 aromatic heterocycles. The topological polar surface area (TPSA) is 126 Å². The molecule has 1 saturated heterocycles. The molecule has 0 spiro atoms. The van der Waals surface area contributed by atoms with Crippen LogP contribution in [-0.2, 0) is 20.9 Å². The normalized spacial score (nSPS) is 18.9. The minimum atomic E-state index is -1.68. The van der Waals surface area contributed by atoms with Crippen LogP contribution < -0.4 is 20.7 Å². The minimum Gasteiger partial charge on any atom is -0.489 e. The minimum absolute atomic E-state index is 0.0764. The van der Waals surface area contributed by atoms with Crippen molar-refractivity contribution in [1.82, 2.24) is 0 Å². The van der Waals surface area contributed by atoms with Crippen LogP contribution in [0, 0.1) is 0 Å². The maximum Gasteiger partial charge on any atom is 0.259 e. The van der Waals surface area contributed by atoms with Crippen molar-refractivity contribution in [2.75, 3.05) is 23.4 Å². The van der Waals surface area contributed by atoms with Gasteiger partial charge in [-0.15, -0.1) is 0 Å². The predicted molar refractivity (Wildman–Crippen MR) is 120 cm³/mol. The number of fused-ring (bicyclic) bond motifs is 1. The molecule has 0 saturated carbocycles. The third-order valence-corrected chi connectivity index (χ3v) is 5.26. The van der Waals surface area contributed by atoms with E-state index in [0.29, 0.717) is 29.5 Å². The summed E-state index contributed by atoms with van der Waals surface area (Å²) in [5.74, 6) is -0.228. The van der Waals surface area contributed by atoms with Crippen LogP contribution in [0.1, 0.15) is 25.0 Å². The SMILES string of the molecule is CC(C)Oc1ccccc1N1CCOC(C(O)C(=O)Nc2ccc3c(c2)CN=C3N)C1=O. The highest BCUT2D eigenvalue weighted by Gasteiger charge is 2.40. The number of nitrogens with two attached hydrogens (primary N) is 1. The highest BCUT2D eigenvalue weighted by molar-refractivity contribution is 6.05. The smallest absolute Gasteiger partial charge is 0.259 e. The molecule has 2 aromatic rings. The van der Waals surface area contributed by atoms with Crippen LogP contribution in [0.3, 0.4) is 0 Å². The van der Waals surface area contributed by atoms with Gasteiger partial charge in [0.05, 0.1) is 24.9 Å². The first-order valence-electron chi connectivity index (χ1n) is 10.5. The number of carbonyl (C=O) groups is 2. The number of amidine groups is 1. The average molecular weight is 438 g/mol. The molecular formula is C23H26N4O5. The maximum absolute atomic E-state index is 13.1.